The molecule has 1 fully saturated rings. The summed E-state index contributed by atoms with van der Waals surface area (Å²) in [6, 6.07) is 15.1. The maximum Gasteiger partial charge on any atom is 0.228 e. The van der Waals surface area contributed by atoms with Crippen LogP contribution in [0, 0.1) is 5.92 Å². The average molecular weight is 297 g/mol. The Labute approximate surface area is 129 Å². The number of amides is 1. The summed E-state index contributed by atoms with van der Waals surface area (Å²) in [6.07, 6.45) is 0.839. The van der Waals surface area contributed by atoms with Gasteiger partial charge < -0.3 is 15.2 Å². The molecule has 2 N–H and O–H groups in total. The zero-order valence-electron chi connectivity index (χ0n) is 12.5. The summed E-state index contributed by atoms with van der Waals surface area (Å²) in [6.45, 7) is -0.0308. The number of aliphatic hydroxyl groups excluding tert-OH is 1. The lowest BCUT2D eigenvalue weighted by Crippen LogP contribution is -2.14. The van der Waals surface area contributed by atoms with Crippen molar-refractivity contribution in [3.8, 4) is 5.75 Å². The van der Waals surface area contributed by atoms with Crippen molar-refractivity contribution in [3.05, 3.63) is 59.7 Å². The predicted octanol–water partition coefficient (Wildman–Crippen LogP) is 2.93. The first-order valence-electron chi connectivity index (χ1n) is 7.36. The van der Waals surface area contributed by atoms with Gasteiger partial charge in [-0.3, -0.25) is 4.79 Å². The number of rotatable bonds is 5. The maximum absolute atomic E-state index is 12.3. The van der Waals surface area contributed by atoms with Crippen molar-refractivity contribution in [2.75, 3.05) is 12.4 Å². The summed E-state index contributed by atoms with van der Waals surface area (Å²) < 4.78 is 5.36. The monoisotopic (exact) mass is 297 g/mol. The third-order valence-electron chi connectivity index (χ3n) is 4.04. The first kappa shape index (κ1) is 14.6. The number of methoxy groups -OCH3 is 1. The minimum Gasteiger partial charge on any atom is -0.496 e. The highest BCUT2D eigenvalue weighted by Gasteiger charge is 2.45. The Morgan fingerprint density at radius 1 is 1.27 bits per heavy atom. The maximum atomic E-state index is 12.3. The fraction of sp³-hybridized carbons (Fsp3) is 0.278. The van der Waals surface area contributed by atoms with E-state index >= 15 is 0 Å². The molecule has 114 valence electrons. The quantitative estimate of drug-likeness (QED) is 0.892. The van der Waals surface area contributed by atoms with Crippen LogP contribution in [0.5, 0.6) is 5.75 Å². The molecule has 22 heavy (non-hydrogen) atoms. The van der Waals surface area contributed by atoms with Gasteiger partial charge in [-0.1, -0.05) is 30.3 Å². The fourth-order valence-electron chi connectivity index (χ4n) is 2.78. The van der Waals surface area contributed by atoms with Gasteiger partial charge in [-0.25, -0.2) is 0 Å². The first-order valence-corrected chi connectivity index (χ1v) is 7.36. The van der Waals surface area contributed by atoms with Crippen molar-refractivity contribution in [1.29, 1.82) is 0 Å². The highest BCUT2D eigenvalue weighted by atomic mass is 16.5. The molecule has 0 spiro atoms. The van der Waals surface area contributed by atoms with E-state index < -0.39 is 0 Å². The molecule has 3 rings (SSSR count). The van der Waals surface area contributed by atoms with E-state index in [1.54, 1.807) is 13.2 Å². The van der Waals surface area contributed by atoms with E-state index in [0.29, 0.717) is 0 Å². The van der Waals surface area contributed by atoms with Gasteiger partial charge in [0, 0.05) is 11.6 Å². The third-order valence-corrected chi connectivity index (χ3v) is 4.04. The van der Waals surface area contributed by atoms with E-state index in [4.69, 9.17) is 9.84 Å². The molecule has 0 radical (unpaired) electrons. The Kier molecular flexibility index (Phi) is 4.11. The molecule has 1 saturated carbocycles. The molecule has 4 nitrogen and oxygen atoms in total. The topological polar surface area (TPSA) is 58.6 Å². The van der Waals surface area contributed by atoms with Crippen molar-refractivity contribution in [1.82, 2.24) is 0 Å². The number of aliphatic hydroxyl groups is 1. The highest BCUT2D eigenvalue weighted by molar-refractivity contribution is 5.95. The third kappa shape index (κ3) is 2.97. The van der Waals surface area contributed by atoms with E-state index in [1.807, 2.05) is 42.5 Å². The Morgan fingerprint density at radius 3 is 2.86 bits per heavy atom. The number of hydrogen-bond donors (Lipinski definition) is 2. The smallest absolute Gasteiger partial charge is 0.228 e. The number of carbonyl (C=O) groups excluding carboxylic acids is 1. The Hall–Kier alpha value is -2.33. The van der Waals surface area contributed by atoms with Crippen LogP contribution in [0.3, 0.4) is 0 Å². The van der Waals surface area contributed by atoms with Crippen LogP contribution in [0.25, 0.3) is 0 Å². The van der Waals surface area contributed by atoms with Crippen LogP contribution in [-0.2, 0) is 11.4 Å². The molecular formula is C18H19NO3. The average Bonchev–Trinajstić information content (AvgIpc) is 3.35. The van der Waals surface area contributed by atoms with E-state index in [1.165, 1.54) is 0 Å². The minimum atomic E-state index is -0.0308. The van der Waals surface area contributed by atoms with Crippen molar-refractivity contribution in [3.63, 3.8) is 0 Å². The van der Waals surface area contributed by atoms with Gasteiger partial charge in [-0.05, 0) is 41.7 Å². The minimum absolute atomic E-state index is 0.0194. The molecule has 2 aromatic carbocycles. The molecule has 0 saturated heterocycles. The number of anilines is 1. The van der Waals surface area contributed by atoms with Gasteiger partial charge in [-0.2, -0.15) is 0 Å². The van der Waals surface area contributed by atoms with Gasteiger partial charge in [0.05, 0.1) is 13.7 Å². The predicted molar refractivity (Wildman–Crippen MR) is 84.8 cm³/mol. The molecule has 0 aliphatic heterocycles. The number of hydrogen-bond acceptors (Lipinski definition) is 3. The molecule has 1 aliphatic carbocycles. The van der Waals surface area contributed by atoms with Gasteiger partial charge in [0.2, 0.25) is 5.91 Å². The molecule has 1 aliphatic rings. The second-order valence-electron chi connectivity index (χ2n) is 5.54. The second kappa shape index (κ2) is 6.20. The lowest BCUT2D eigenvalue weighted by Gasteiger charge is -2.09. The number of nitrogens with one attached hydrogen (secondary N) is 1. The summed E-state index contributed by atoms with van der Waals surface area (Å²) in [7, 11) is 1.65. The molecular weight excluding hydrogens is 278 g/mol. The zero-order valence-corrected chi connectivity index (χ0v) is 12.5. The highest BCUT2D eigenvalue weighted by Crippen LogP contribution is 2.50. The number of carbonyl (C=O) groups is 1. The van der Waals surface area contributed by atoms with Crippen molar-refractivity contribution in [2.45, 2.75) is 18.9 Å². The van der Waals surface area contributed by atoms with Crippen LogP contribution in [0.4, 0.5) is 5.69 Å². The van der Waals surface area contributed by atoms with Crippen LogP contribution in [0.1, 0.15) is 23.5 Å². The largest absolute Gasteiger partial charge is 0.496 e. The number of ether oxygens (including phenoxy) is 1. The fourth-order valence-corrected chi connectivity index (χ4v) is 2.78. The van der Waals surface area contributed by atoms with E-state index in [2.05, 4.69) is 5.32 Å². The van der Waals surface area contributed by atoms with Crippen molar-refractivity contribution < 1.29 is 14.6 Å². The SMILES string of the molecule is COc1ccccc1C1CC1C(=O)Nc1cccc(CO)c1. The number of para-hydroxylation sites is 1. The number of benzene rings is 2. The van der Waals surface area contributed by atoms with Crippen LogP contribution in [0.2, 0.25) is 0 Å². The first-order chi connectivity index (χ1) is 10.7. The van der Waals surface area contributed by atoms with Crippen LogP contribution >= 0.6 is 0 Å². The van der Waals surface area contributed by atoms with E-state index in [0.717, 1.165) is 29.0 Å². The summed E-state index contributed by atoms with van der Waals surface area (Å²) in [5, 5.41) is 12.1. The van der Waals surface area contributed by atoms with Gasteiger partial charge in [0.25, 0.3) is 0 Å². The molecule has 0 bridgehead atoms. The molecule has 2 atom stereocenters. The summed E-state index contributed by atoms with van der Waals surface area (Å²) in [5.74, 6) is 1.06. The normalized spacial score (nSPS) is 19.5. The van der Waals surface area contributed by atoms with Crippen LogP contribution in [-0.4, -0.2) is 18.1 Å². The Bertz CT molecular complexity index is 684. The molecule has 0 heterocycles. The molecule has 2 aromatic rings. The second-order valence-corrected chi connectivity index (χ2v) is 5.54. The van der Waals surface area contributed by atoms with E-state index in [-0.39, 0.29) is 24.3 Å². The molecule has 4 heteroatoms. The Balaban J connectivity index is 1.67. The van der Waals surface area contributed by atoms with Gasteiger partial charge in [0.1, 0.15) is 5.75 Å². The Morgan fingerprint density at radius 2 is 2.09 bits per heavy atom. The van der Waals surface area contributed by atoms with E-state index in [9.17, 15) is 4.79 Å². The molecule has 0 aromatic heterocycles. The van der Waals surface area contributed by atoms with Crippen molar-refractivity contribution in [2.24, 2.45) is 5.92 Å². The van der Waals surface area contributed by atoms with Gasteiger partial charge in [0.15, 0.2) is 0 Å². The molecule has 2 unspecified atom stereocenters. The van der Waals surface area contributed by atoms with Gasteiger partial charge in [-0.15, -0.1) is 0 Å². The standard InChI is InChI=1S/C18H19NO3/c1-22-17-8-3-2-7-14(17)15-10-16(15)18(21)19-13-6-4-5-12(9-13)11-20/h2-9,15-16,20H,10-11H2,1H3,(H,19,21). The summed E-state index contributed by atoms with van der Waals surface area (Å²) >= 11 is 0. The lowest BCUT2D eigenvalue weighted by molar-refractivity contribution is -0.117. The lowest BCUT2D eigenvalue weighted by atomic mass is 10.1. The van der Waals surface area contributed by atoms with Crippen LogP contribution in [0.15, 0.2) is 48.5 Å². The van der Waals surface area contributed by atoms with Gasteiger partial charge >= 0.3 is 0 Å². The molecule has 1 amide bonds. The summed E-state index contributed by atoms with van der Waals surface area (Å²) in [4.78, 5) is 12.3. The van der Waals surface area contributed by atoms with Crippen molar-refractivity contribution >= 4 is 11.6 Å². The zero-order chi connectivity index (χ0) is 15.5. The summed E-state index contributed by atoms with van der Waals surface area (Å²) in [5.41, 5.74) is 2.60. The van der Waals surface area contributed by atoms with Crippen LogP contribution < -0.4 is 10.1 Å².